The van der Waals surface area contributed by atoms with Crippen LogP contribution in [0.25, 0.3) is 0 Å². The number of ether oxygens (including phenoxy) is 1. The highest BCUT2D eigenvalue weighted by Gasteiger charge is 2.26. The average molecular weight is 508 g/mol. The molecule has 0 fully saturated rings. The molecule has 1 N–H and O–H groups in total. The van der Waals surface area contributed by atoms with Gasteiger partial charge in [-0.2, -0.15) is 0 Å². The molecule has 0 saturated heterocycles. The number of hydrogen-bond donors (Lipinski definition) is 1. The first-order valence-electron chi connectivity index (χ1n) is 9.91. The van der Waals surface area contributed by atoms with E-state index in [0.717, 1.165) is 27.5 Å². The van der Waals surface area contributed by atoms with E-state index >= 15 is 0 Å². The van der Waals surface area contributed by atoms with Gasteiger partial charge in [-0.05, 0) is 72.7 Å². The molecule has 0 bridgehead atoms. The molecule has 156 valence electrons. The number of halogens is 1. The summed E-state index contributed by atoms with van der Waals surface area (Å²) >= 11 is 2.22. The van der Waals surface area contributed by atoms with Gasteiger partial charge in [-0.3, -0.25) is 9.59 Å². The zero-order valence-electron chi connectivity index (χ0n) is 17.3. The lowest BCUT2D eigenvalue weighted by atomic mass is 10.1. The van der Waals surface area contributed by atoms with Crippen molar-refractivity contribution >= 4 is 34.4 Å². The SMILES string of the molecule is CCCCNC(=O)C(C)N(Cc1cccc(C)c1)C(=O)COc1ccc(I)cc1. The molecule has 2 rings (SSSR count). The van der Waals surface area contributed by atoms with Crippen LogP contribution in [0.15, 0.2) is 48.5 Å². The third-order valence-electron chi connectivity index (χ3n) is 4.61. The Morgan fingerprint density at radius 3 is 2.55 bits per heavy atom. The molecule has 29 heavy (non-hydrogen) atoms. The Morgan fingerprint density at radius 2 is 1.90 bits per heavy atom. The fraction of sp³-hybridized carbons (Fsp3) is 0.391. The molecule has 2 aromatic rings. The smallest absolute Gasteiger partial charge is 0.261 e. The second-order valence-electron chi connectivity index (χ2n) is 7.07. The van der Waals surface area contributed by atoms with Crippen LogP contribution in [0.5, 0.6) is 5.75 Å². The van der Waals surface area contributed by atoms with Crippen LogP contribution in [-0.2, 0) is 16.1 Å². The fourth-order valence-corrected chi connectivity index (χ4v) is 3.24. The summed E-state index contributed by atoms with van der Waals surface area (Å²) in [4.78, 5) is 27.1. The molecule has 0 aliphatic heterocycles. The highest BCUT2D eigenvalue weighted by atomic mass is 127. The van der Waals surface area contributed by atoms with Crippen molar-refractivity contribution in [3.05, 3.63) is 63.2 Å². The van der Waals surface area contributed by atoms with E-state index in [1.54, 1.807) is 11.8 Å². The Labute approximate surface area is 187 Å². The maximum atomic E-state index is 13.0. The zero-order valence-corrected chi connectivity index (χ0v) is 19.4. The van der Waals surface area contributed by atoms with Crippen molar-refractivity contribution in [2.24, 2.45) is 0 Å². The lowest BCUT2D eigenvalue weighted by Crippen LogP contribution is -2.49. The monoisotopic (exact) mass is 508 g/mol. The van der Waals surface area contributed by atoms with E-state index in [9.17, 15) is 9.59 Å². The second kappa shape index (κ2) is 11.8. The minimum Gasteiger partial charge on any atom is -0.484 e. The van der Waals surface area contributed by atoms with Crippen LogP contribution in [-0.4, -0.2) is 35.9 Å². The van der Waals surface area contributed by atoms with E-state index < -0.39 is 6.04 Å². The van der Waals surface area contributed by atoms with Gasteiger partial charge in [0.05, 0.1) is 0 Å². The topological polar surface area (TPSA) is 58.6 Å². The Balaban J connectivity index is 2.10. The lowest BCUT2D eigenvalue weighted by Gasteiger charge is -2.29. The van der Waals surface area contributed by atoms with E-state index in [0.29, 0.717) is 18.8 Å². The van der Waals surface area contributed by atoms with Gasteiger partial charge in [0, 0.05) is 16.7 Å². The predicted molar refractivity (Wildman–Crippen MR) is 124 cm³/mol. The molecule has 1 unspecified atom stereocenters. The van der Waals surface area contributed by atoms with Crippen LogP contribution in [0.1, 0.15) is 37.8 Å². The predicted octanol–water partition coefficient (Wildman–Crippen LogP) is 4.31. The summed E-state index contributed by atoms with van der Waals surface area (Å²) in [6.07, 6.45) is 1.92. The molecule has 5 nitrogen and oxygen atoms in total. The van der Waals surface area contributed by atoms with E-state index in [1.807, 2.05) is 55.5 Å². The Bertz CT molecular complexity index is 808. The molecular formula is C23H29IN2O3. The number of benzene rings is 2. The summed E-state index contributed by atoms with van der Waals surface area (Å²) in [5.74, 6) is 0.270. The van der Waals surface area contributed by atoms with Crippen LogP contribution < -0.4 is 10.1 Å². The highest BCUT2D eigenvalue weighted by Crippen LogP contribution is 2.15. The maximum Gasteiger partial charge on any atom is 0.261 e. The van der Waals surface area contributed by atoms with Gasteiger partial charge >= 0.3 is 0 Å². The first-order chi connectivity index (χ1) is 13.9. The van der Waals surface area contributed by atoms with Crippen molar-refractivity contribution in [2.45, 2.75) is 46.2 Å². The number of nitrogens with one attached hydrogen (secondary N) is 1. The summed E-state index contributed by atoms with van der Waals surface area (Å²) in [5.41, 5.74) is 2.10. The molecule has 0 aliphatic carbocycles. The van der Waals surface area contributed by atoms with Crippen molar-refractivity contribution in [2.75, 3.05) is 13.2 Å². The van der Waals surface area contributed by atoms with Crippen molar-refractivity contribution in [1.29, 1.82) is 0 Å². The standard InChI is InChI=1S/C23H29IN2O3/c1-4-5-13-25-23(28)18(3)26(15-19-8-6-7-17(2)14-19)22(27)16-29-21-11-9-20(24)10-12-21/h6-12,14,18H,4-5,13,15-16H2,1-3H3,(H,25,28). The summed E-state index contributed by atoms with van der Waals surface area (Å²) < 4.78 is 6.76. The third-order valence-corrected chi connectivity index (χ3v) is 5.33. The van der Waals surface area contributed by atoms with Crippen LogP contribution >= 0.6 is 22.6 Å². The molecule has 2 aromatic carbocycles. The Morgan fingerprint density at radius 1 is 1.17 bits per heavy atom. The van der Waals surface area contributed by atoms with Crippen molar-refractivity contribution in [1.82, 2.24) is 10.2 Å². The number of unbranched alkanes of at least 4 members (excludes halogenated alkanes) is 1. The van der Waals surface area contributed by atoms with Gasteiger partial charge in [0.2, 0.25) is 5.91 Å². The van der Waals surface area contributed by atoms with Crippen LogP contribution in [0.3, 0.4) is 0 Å². The van der Waals surface area contributed by atoms with Crippen molar-refractivity contribution < 1.29 is 14.3 Å². The van der Waals surface area contributed by atoms with Crippen molar-refractivity contribution in [3.63, 3.8) is 0 Å². The summed E-state index contributed by atoms with van der Waals surface area (Å²) in [6, 6.07) is 14.9. The van der Waals surface area contributed by atoms with Gasteiger partial charge in [-0.25, -0.2) is 0 Å². The number of carbonyl (C=O) groups is 2. The quantitative estimate of drug-likeness (QED) is 0.385. The van der Waals surface area contributed by atoms with Crippen LogP contribution in [0.4, 0.5) is 0 Å². The molecule has 0 saturated carbocycles. The molecular weight excluding hydrogens is 479 g/mol. The van der Waals surface area contributed by atoms with Gasteiger partial charge in [0.15, 0.2) is 6.61 Å². The van der Waals surface area contributed by atoms with Crippen LogP contribution in [0.2, 0.25) is 0 Å². The maximum absolute atomic E-state index is 13.0. The van der Waals surface area contributed by atoms with Gasteiger partial charge < -0.3 is 15.0 Å². The molecule has 0 spiro atoms. The lowest BCUT2D eigenvalue weighted by molar-refractivity contribution is -0.142. The minimum absolute atomic E-state index is 0.112. The van der Waals surface area contributed by atoms with E-state index in [4.69, 9.17) is 4.74 Å². The molecule has 6 heteroatoms. The number of nitrogens with zero attached hydrogens (tertiary/aromatic N) is 1. The van der Waals surface area contributed by atoms with Crippen molar-refractivity contribution in [3.8, 4) is 5.75 Å². The summed E-state index contributed by atoms with van der Waals surface area (Å²) in [6.45, 7) is 6.71. The van der Waals surface area contributed by atoms with E-state index in [-0.39, 0.29) is 18.4 Å². The zero-order chi connectivity index (χ0) is 21.2. The van der Waals surface area contributed by atoms with E-state index in [2.05, 4.69) is 34.8 Å². The molecule has 0 radical (unpaired) electrons. The normalized spacial score (nSPS) is 11.6. The van der Waals surface area contributed by atoms with Gasteiger partial charge in [-0.1, -0.05) is 43.2 Å². The largest absolute Gasteiger partial charge is 0.484 e. The second-order valence-corrected chi connectivity index (χ2v) is 8.32. The number of rotatable bonds is 10. The highest BCUT2D eigenvalue weighted by molar-refractivity contribution is 14.1. The van der Waals surface area contributed by atoms with Gasteiger partial charge in [0.1, 0.15) is 11.8 Å². The van der Waals surface area contributed by atoms with Crippen LogP contribution in [0, 0.1) is 10.5 Å². The minimum atomic E-state index is -0.583. The number of carbonyl (C=O) groups excluding carboxylic acids is 2. The third kappa shape index (κ3) is 7.68. The Kier molecular flexibility index (Phi) is 9.44. The molecule has 0 aromatic heterocycles. The van der Waals surface area contributed by atoms with E-state index in [1.165, 1.54) is 0 Å². The Hall–Kier alpha value is -2.09. The number of aryl methyl sites for hydroxylation is 1. The van der Waals surface area contributed by atoms with Gasteiger partial charge in [0.25, 0.3) is 5.91 Å². The molecule has 2 amide bonds. The molecule has 0 heterocycles. The molecule has 1 atom stereocenters. The average Bonchev–Trinajstić information content (AvgIpc) is 2.71. The number of hydrogen-bond acceptors (Lipinski definition) is 3. The molecule has 0 aliphatic rings. The summed E-state index contributed by atoms with van der Waals surface area (Å²) in [5, 5.41) is 2.92. The fourth-order valence-electron chi connectivity index (χ4n) is 2.88. The summed E-state index contributed by atoms with van der Waals surface area (Å²) in [7, 11) is 0. The van der Waals surface area contributed by atoms with Gasteiger partial charge in [-0.15, -0.1) is 0 Å². The first-order valence-corrected chi connectivity index (χ1v) is 11.0. The first kappa shape index (κ1) is 23.2. The number of amides is 2.